The smallest absolute Gasteiger partial charge is 0.312 e. The van der Waals surface area contributed by atoms with Crippen LogP contribution in [0.2, 0.25) is 0 Å². The number of carbonyl (C=O) groups is 1. The van der Waals surface area contributed by atoms with Gasteiger partial charge in [-0.1, -0.05) is 60.7 Å². The average Bonchev–Trinajstić information content (AvgIpc) is 2.42. The number of hydrogen-bond acceptors (Lipinski definition) is 3. The summed E-state index contributed by atoms with van der Waals surface area (Å²) >= 11 is 0. The first kappa shape index (κ1) is 11.4. The molecule has 0 aliphatic rings. The minimum Gasteiger partial charge on any atom is -0.373 e. The molecule has 0 aliphatic carbocycles. The Balaban J connectivity index is 2.29. The first-order valence-corrected chi connectivity index (χ1v) is 5.36. The van der Waals surface area contributed by atoms with Gasteiger partial charge in [0, 0.05) is 0 Å². The highest BCUT2D eigenvalue weighted by Gasteiger charge is 2.13. The van der Waals surface area contributed by atoms with E-state index in [1.807, 2.05) is 60.7 Å². The highest BCUT2D eigenvalue weighted by Crippen LogP contribution is 2.21. The SMILES string of the molecule is O=CONC(c1ccccc1)c1ccccc1. The summed E-state index contributed by atoms with van der Waals surface area (Å²) in [6.45, 7) is 0.388. The van der Waals surface area contributed by atoms with E-state index in [1.54, 1.807) is 0 Å². The normalized spacial score (nSPS) is 10.2. The lowest BCUT2D eigenvalue weighted by molar-refractivity contribution is -0.136. The Labute approximate surface area is 100.0 Å². The molecule has 0 fully saturated rings. The fourth-order valence-corrected chi connectivity index (χ4v) is 1.72. The van der Waals surface area contributed by atoms with Gasteiger partial charge in [-0.3, -0.25) is 4.79 Å². The summed E-state index contributed by atoms with van der Waals surface area (Å²) in [6, 6.07) is 19.5. The van der Waals surface area contributed by atoms with Gasteiger partial charge in [0.2, 0.25) is 0 Å². The van der Waals surface area contributed by atoms with Gasteiger partial charge in [0.05, 0.1) is 6.04 Å². The van der Waals surface area contributed by atoms with Crippen LogP contribution in [-0.4, -0.2) is 6.47 Å². The first-order chi connectivity index (χ1) is 8.42. The topological polar surface area (TPSA) is 38.3 Å². The molecule has 0 amide bonds. The molecule has 3 nitrogen and oxygen atoms in total. The Kier molecular flexibility index (Phi) is 3.89. The second-order valence-corrected chi connectivity index (χ2v) is 3.59. The van der Waals surface area contributed by atoms with Gasteiger partial charge in [-0.2, -0.15) is 0 Å². The van der Waals surface area contributed by atoms with Crippen LogP contribution in [0, 0.1) is 0 Å². The van der Waals surface area contributed by atoms with Gasteiger partial charge in [-0.15, -0.1) is 5.48 Å². The Morgan fingerprint density at radius 1 is 0.882 bits per heavy atom. The molecule has 0 atom stereocenters. The van der Waals surface area contributed by atoms with Crippen LogP contribution in [0.4, 0.5) is 0 Å². The van der Waals surface area contributed by atoms with E-state index in [4.69, 9.17) is 0 Å². The molecule has 0 aliphatic heterocycles. The van der Waals surface area contributed by atoms with Crippen molar-refractivity contribution in [2.45, 2.75) is 6.04 Å². The van der Waals surface area contributed by atoms with Crippen molar-refractivity contribution < 1.29 is 9.63 Å². The summed E-state index contributed by atoms with van der Waals surface area (Å²) in [5.74, 6) is 0. The molecule has 0 heterocycles. The fourth-order valence-electron chi connectivity index (χ4n) is 1.72. The molecular formula is C14H13NO2. The van der Waals surface area contributed by atoms with Gasteiger partial charge in [0.1, 0.15) is 0 Å². The molecule has 86 valence electrons. The summed E-state index contributed by atoms with van der Waals surface area (Å²) in [5, 5.41) is 0. The van der Waals surface area contributed by atoms with Crippen LogP contribution in [0.15, 0.2) is 60.7 Å². The minimum absolute atomic E-state index is 0.150. The van der Waals surface area contributed by atoms with E-state index in [0.717, 1.165) is 11.1 Å². The van der Waals surface area contributed by atoms with E-state index in [2.05, 4.69) is 10.3 Å². The van der Waals surface area contributed by atoms with Gasteiger partial charge in [0.15, 0.2) is 0 Å². The molecule has 2 aromatic rings. The lowest BCUT2D eigenvalue weighted by Gasteiger charge is -2.17. The number of rotatable bonds is 5. The van der Waals surface area contributed by atoms with Crippen molar-refractivity contribution in [3.63, 3.8) is 0 Å². The number of hydrogen-bond donors (Lipinski definition) is 1. The summed E-state index contributed by atoms with van der Waals surface area (Å²) in [4.78, 5) is 15.0. The molecule has 2 rings (SSSR count). The zero-order valence-corrected chi connectivity index (χ0v) is 9.24. The zero-order chi connectivity index (χ0) is 11.9. The first-order valence-electron chi connectivity index (χ1n) is 5.36. The molecule has 17 heavy (non-hydrogen) atoms. The molecule has 0 saturated heterocycles. The maximum Gasteiger partial charge on any atom is 0.312 e. The molecule has 2 aromatic carbocycles. The molecule has 0 radical (unpaired) electrons. The van der Waals surface area contributed by atoms with E-state index >= 15 is 0 Å². The van der Waals surface area contributed by atoms with Crippen LogP contribution < -0.4 is 5.48 Å². The molecule has 0 saturated carbocycles. The number of carbonyl (C=O) groups excluding carboxylic acids is 1. The molecular weight excluding hydrogens is 214 g/mol. The number of nitrogens with one attached hydrogen (secondary N) is 1. The van der Waals surface area contributed by atoms with Crippen LogP contribution in [0.3, 0.4) is 0 Å². The predicted molar refractivity (Wildman–Crippen MR) is 65.0 cm³/mol. The highest BCUT2D eigenvalue weighted by atomic mass is 16.7. The lowest BCUT2D eigenvalue weighted by atomic mass is 10.00. The molecule has 3 heteroatoms. The molecule has 0 aromatic heterocycles. The Morgan fingerprint density at radius 3 is 1.76 bits per heavy atom. The largest absolute Gasteiger partial charge is 0.373 e. The van der Waals surface area contributed by atoms with E-state index in [0.29, 0.717) is 6.47 Å². The Morgan fingerprint density at radius 2 is 1.35 bits per heavy atom. The maximum absolute atomic E-state index is 10.3. The van der Waals surface area contributed by atoms with Gasteiger partial charge < -0.3 is 4.84 Å². The van der Waals surface area contributed by atoms with Crippen molar-refractivity contribution in [1.82, 2.24) is 5.48 Å². The average molecular weight is 227 g/mol. The molecule has 0 bridgehead atoms. The van der Waals surface area contributed by atoms with Gasteiger partial charge in [-0.05, 0) is 11.1 Å². The molecule has 0 spiro atoms. The van der Waals surface area contributed by atoms with E-state index < -0.39 is 0 Å². The van der Waals surface area contributed by atoms with Crippen LogP contribution >= 0.6 is 0 Å². The van der Waals surface area contributed by atoms with Crippen molar-refractivity contribution >= 4 is 6.47 Å². The van der Waals surface area contributed by atoms with Crippen molar-refractivity contribution in [1.29, 1.82) is 0 Å². The van der Waals surface area contributed by atoms with Gasteiger partial charge in [-0.25, -0.2) is 0 Å². The van der Waals surface area contributed by atoms with Crippen molar-refractivity contribution in [2.24, 2.45) is 0 Å². The predicted octanol–water partition coefficient (Wildman–Crippen LogP) is 2.45. The van der Waals surface area contributed by atoms with E-state index in [-0.39, 0.29) is 6.04 Å². The molecule has 1 N–H and O–H groups in total. The summed E-state index contributed by atoms with van der Waals surface area (Å²) in [7, 11) is 0. The third-order valence-electron chi connectivity index (χ3n) is 2.50. The van der Waals surface area contributed by atoms with Crippen LogP contribution in [0.1, 0.15) is 17.2 Å². The third-order valence-corrected chi connectivity index (χ3v) is 2.50. The minimum atomic E-state index is -0.150. The standard InChI is InChI=1S/C14H13NO2/c16-11-17-15-14(12-7-3-1-4-8-12)13-9-5-2-6-10-13/h1-11,14-15H. The monoisotopic (exact) mass is 227 g/mol. The van der Waals surface area contributed by atoms with Crippen molar-refractivity contribution in [3.05, 3.63) is 71.8 Å². The fraction of sp³-hybridized carbons (Fsp3) is 0.0714. The van der Waals surface area contributed by atoms with Gasteiger partial charge >= 0.3 is 6.47 Å². The van der Waals surface area contributed by atoms with Crippen LogP contribution in [-0.2, 0) is 9.63 Å². The van der Waals surface area contributed by atoms with Crippen molar-refractivity contribution in [3.8, 4) is 0 Å². The van der Waals surface area contributed by atoms with Crippen LogP contribution in [0.25, 0.3) is 0 Å². The Bertz CT molecular complexity index is 417. The van der Waals surface area contributed by atoms with Gasteiger partial charge in [0.25, 0.3) is 0 Å². The highest BCUT2D eigenvalue weighted by molar-refractivity contribution is 5.37. The second-order valence-electron chi connectivity index (χ2n) is 3.59. The summed E-state index contributed by atoms with van der Waals surface area (Å²) < 4.78 is 0. The van der Waals surface area contributed by atoms with E-state index in [9.17, 15) is 4.79 Å². The third kappa shape index (κ3) is 2.92. The summed E-state index contributed by atoms with van der Waals surface area (Å²) in [6.07, 6.45) is 0. The van der Waals surface area contributed by atoms with E-state index in [1.165, 1.54) is 0 Å². The van der Waals surface area contributed by atoms with Crippen molar-refractivity contribution in [2.75, 3.05) is 0 Å². The summed E-state index contributed by atoms with van der Waals surface area (Å²) in [5.41, 5.74) is 4.82. The lowest BCUT2D eigenvalue weighted by Crippen LogP contribution is -2.22. The molecule has 0 unspecified atom stereocenters. The zero-order valence-electron chi connectivity index (χ0n) is 9.24. The quantitative estimate of drug-likeness (QED) is 0.630. The number of benzene rings is 2. The number of hydroxylamine groups is 1. The Hall–Kier alpha value is -2.13. The second kappa shape index (κ2) is 5.82. The maximum atomic E-state index is 10.3. The van der Waals surface area contributed by atoms with Crippen LogP contribution in [0.5, 0.6) is 0 Å².